The third-order valence-electron chi connectivity index (χ3n) is 2.58. The number of nitrogens with zero attached hydrogens (tertiary/aromatic N) is 1. The van der Waals surface area contributed by atoms with E-state index in [-0.39, 0.29) is 11.4 Å². The number of hydrogen-bond donors (Lipinski definition) is 2. The van der Waals surface area contributed by atoms with Gasteiger partial charge in [-0.15, -0.1) is 0 Å². The zero-order valence-corrected chi connectivity index (χ0v) is 9.35. The SMILES string of the molecule is O=c1[nH]c(=O)n(C2C[C@H](F)[C@@H](CO)O2)cc1Cl. The van der Waals surface area contributed by atoms with Gasteiger partial charge in [-0.25, -0.2) is 9.18 Å². The normalized spacial score (nSPS) is 28.5. The lowest BCUT2D eigenvalue weighted by Gasteiger charge is -2.14. The Kier molecular flexibility index (Phi) is 3.32. The van der Waals surface area contributed by atoms with Crippen molar-refractivity contribution in [1.29, 1.82) is 0 Å². The fourth-order valence-corrected chi connectivity index (χ4v) is 1.85. The van der Waals surface area contributed by atoms with Crippen molar-refractivity contribution in [2.45, 2.75) is 24.9 Å². The number of nitrogens with one attached hydrogen (secondary N) is 1. The van der Waals surface area contributed by atoms with Gasteiger partial charge < -0.3 is 9.84 Å². The largest absolute Gasteiger partial charge is 0.394 e. The van der Waals surface area contributed by atoms with Crippen molar-refractivity contribution in [1.82, 2.24) is 9.55 Å². The van der Waals surface area contributed by atoms with E-state index in [1.165, 1.54) is 0 Å². The minimum Gasteiger partial charge on any atom is -0.394 e. The van der Waals surface area contributed by atoms with Gasteiger partial charge in [0.15, 0.2) is 0 Å². The topological polar surface area (TPSA) is 84.3 Å². The zero-order valence-electron chi connectivity index (χ0n) is 8.60. The van der Waals surface area contributed by atoms with E-state index in [2.05, 4.69) is 0 Å². The number of aliphatic hydroxyl groups is 1. The first-order valence-electron chi connectivity index (χ1n) is 4.94. The fraction of sp³-hybridized carbons (Fsp3) is 0.556. The van der Waals surface area contributed by atoms with Gasteiger partial charge in [0, 0.05) is 12.6 Å². The summed E-state index contributed by atoms with van der Waals surface area (Å²) < 4.78 is 19.5. The van der Waals surface area contributed by atoms with Crippen molar-refractivity contribution in [2.75, 3.05) is 6.61 Å². The van der Waals surface area contributed by atoms with E-state index in [0.717, 1.165) is 10.8 Å². The van der Waals surface area contributed by atoms with Crippen molar-refractivity contribution in [3.8, 4) is 0 Å². The second kappa shape index (κ2) is 4.59. The molecular formula is C9H10ClFN2O4. The van der Waals surface area contributed by atoms with Crippen LogP contribution in [0.15, 0.2) is 15.8 Å². The first-order chi connectivity index (χ1) is 8.02. The highest BCUT2D eigenvalue weighted by molar-refractivity contribution is 6.30. The molecule has 0 aromatic carbocycles. The van der Waals surface area contributed by atoms with Gasteiger partial charge in [-0.05, 0) is 0 Å². The molecule has 1 aromatic rings. The lowest BCUT2D eigenvalue weighted by Crippen LogP contribution is -2.32. The molecule has 1 aromatic heterocycles. The quantitative estimate of drug-likeness (QED) is 0.775. The Morgan fingerprint density at radius 2 is 2.35 bits per heavy atom. The van der Waals surface area contributed by atoms with Crippen LogP contribution in [0.2, 0.25) is 5.02 Å². The van der Waals surface area contributed by atoms with Crippen molar-refractivity contribution in [3.63, 3.8) is 0 Å². The molecule has 2 rings (SSSR count). The average molecular weight is 265 g/mol. The molecule has 0 amide bonds. The summed E-state index contributed by atoms with van der Waals surface area (Å²) in [4.78, 5) is 24.5. The Labute approximate surface area is 99.6 Å². The molecule has 3 atom stereocenters. The van der Waals surface area contributed by atoms with Crippen LogP contribution in [0, 0.1) is 0 Å². The molecule has 2 N–H and O–H groups in total. The number of ether oxygens (including phenoxy) is 1. The summed E-state index contributed by atoms with van der Waals surface area (Å²) in [5.41, 5.74) is -1.43. The number of aromatic nitrogens is 2. The molecule has 0 bridgehead atoms. The summed E-state index contributed by atoms with van der Waals surface area (Å²) >= 11 is 5.57. The molecule has 6 nitrogen and oxygen atoms in total. The molecule has 17 heavy (non-hydrogen) atoms. The van der Waals surface area contributed by atoms with Gasteiger partial charge in [-0.2, -0.15) is 0 Å². The standard InChI is InChI=1S/C9H10ClFN2O4/c10-4-2-13(9(16)12-8(4)15)7-1-5(11)6(3-14)17-7/h2,5-7,14H,1,3H2,(H,12,15,16)/t5-,6+,7?/m0/s1. The van der Waals surface area contributed by atoms with Crippen molar-refractivity contribution in [2.24, 2.45) is 0 Å². The molecule has 2 heterocycles. The van der Waals surface area contributed by atoms with Crippen LogP contribution in [-0.2, 0) is 4.74 Å². The maximum Gasteiger partial charge on any atom is 0.330 e. The van der Waals surface area contributed by atoms with Crippen LogP contribution < -0.4 is 11.2 Å². The molecule has 0 spiro atoms. The molecule has 0 saturated carbocycles. The third kappa shape index (κ3) is 2.26. The number of rotatable bonds is 2. The van der Waals surface area contributed by atoms with Crippen molar-refractivity contribution < 1.29 is 14.2 Å². The molecule has 0 aliphatic carbocycles. The molecular weight excluding hydrogens is 255 g/mol. The van der Waals surface area contributed by atoms with E-state index in [1.807, 2.05) is 4.98 Å². The lowest BCUT2D eigenvalue weighted by atomic mass is 10.2. The highest BCUT2D eigenvalue weighted by Gasteiger charge is 2.36. The van der Waals surface area contributed by atoms with Gasteiger partial charge in [-0.3, -0.25) is 14.3 Å². The number of aliphatic hydroxyl groups excluding tert-OH is 1. The van der Waals surface area contributed by atoms with Gasteiger partial charge in [0.05, 0.1) is 6.61 Å². The minimum absolute atomic E-state index is 0.0759. The fourth-order valence-electron chi connectivity index (χ4n) is 1.70. The summed E-state index contributed by atoms with van der Waals surface area (Å²) in [5.74, 6) is 0. The second-order valence-corrected chi connectivity index (χ2v) is 4.11. The van der Waals surface area contributed by atoms with Crippen LogP contribution in [0.3, 0.4) is 0 Å². The molecule has 1 aliphatic heterocycles. The van der Waals surface area contributed by atoms with Gasteiger partial charge in [-0.1, -0.05) is 11.6 Å². The van der Waals surface area contributed by atoms with Gasteiger partial charge in [0.1, 0.15) is 23.5 Å². The number of halogens is 2. The molecule has 1 aliphatic rings. The van der Waals surface area contributed by atoms with Crippen LogP contribution in [-0.4, -0.2) is 33.5 Å². The van der Waals surface area contributed by atoms with E-state index >= 15 is 0 Å². The Morgan fingerprint density at radius 3 is 2.94 bits per heavy atom. The van der Waals surface area contributed by atoms with E-state index < -0.39 is 36.4 Å². The minimum atomic E-state index is -1.36. The molecule has 8 heteroatoms. The maximum atomic E-state index is 13.3. The van der Waals surface area contributed by atoms with Gasteiger partial charge in [0.2, 0.25) is 0 Å². The molecule has 1 saturated heterocycles. The summed E-state index contributed by atoms with van der Waals surface area (Å²) in [6, 6.07) is 0. The van der Waals surface area contributed by atoms with Crippen molar-refractivity contribution in [3.05, 3.63) is 32.1 Å². The summed E-state index contributed by atoms with van der Waals surface area (Å²) in [5, 5.41) is 8.65. The Balaban J connectivity index is 2.34. The predicted octanol–water partition coefficient (Wildman–Crippen LogP) is -0.192. The smallest absolute Gasteiger partial charge is 0.330 e. The molecule has 0 radical (unpaired) electrons. The van der Waals surface area contributed by atoms with E-state index in [9.17, 15) is 14.0 Å². The summed E-state index contributed by atoms with van der Waals surface area (Å²) in [6.45, 7) is -0.469. The number of H-pyrrole nitrogens is 1. The first-order valence-corrected chi connectivity index (χ1v) is 5.32. The molecule has 1 unspecified atom stereocenters. The first kappa shape index (κ1) is 12.3. The Hall–Kier alpha value is -1.18. The third-order valence-corrected chi connectivity index (χ3v) is 2.85. The average Bonchev–Trinajstić information content (AvgIpc) is 2.65. The Morgan fingerprint density at radius 1 is 1.65 bits per heavy atom. The highest BCUT2D eigenvalue weighted by Crippen LogP contribution is 2.29. The van der Waals surface area contributed by atoms with Crippen LogP contribution in [0.5, 0.6) is 0 Å². The van der Waals surface area contributed by atoms with Gasteiger partial charge in [0.25, 0.3) is 5.56 Å². The lowest BCUT2D eigenvalue weighted by molar-refractivity contribution is -0.0356. The van der Waals surface area contributed by atoms with E-state index in [0.29, 0.717) is 0 Å². The van der Waals surface area contributed by atoms with E-state index in [1.54, 1.807) is 0 Å². The summed E-state index contributed by atoms with van der Waals surface area (Å²) in [6.07, 6.45) is -2.17. The number of hydrogen-bond acceptors (Lipinski definition) is 4. The maximum absolute atomic E-state index is 13.3. The van der Waals surface area contributed by atoms with Crippen LogP contribution in [0.4, 0.5) is 4.39 Å². The molecule has 1 fully saturated rings. The zero-order chi connectivity index (χ0) is 12.6. The second-order valence-electron chi connectivity index (χ2n) is 3.71. The van der Waals surface area contributed by atoms with Crippen LogP contribution >= 0.6 is 11.6 Å². The van der Waals surface area contributed by atoms with Crippen LogP contribution in [0.1, 0.15) is 12.6 Å². The van der Waals surface area contributed by atoms with E-state index in [4.69, 9.17) is 21.4 Å². The Bertz CT molecular complexity index is 528. The number of aromatic amines is 1. The predicted molar refractivity (Wildman–Crippen MR) is 56.8 cm³/mol. The highest BCUT2D eigenvalue weighted by atomic mass is 35.5. The van der Waals surface area contributed by atoms with Crippen LogP contribution in [0.25, 0.3) is 0 Å². The monoisotopic (exact) mass is 264 g/mol. The van der Waals surface area contributed by atoms with Gasteiger partial charge >= 0.3 is 5.69 Å². The van der Waals surface area contributed by atoms with Crippen molar-refractivity contribution >= 4 is 11.6 Å². The molecule has 94 valence electrons. The number of alkyl halides is 1. The summed E-state index contributed by atoms with van der Waals surface area (Å²) in [7, 11) is 0.